The first kappa shape index (κ1) is 13.7. The number of fused-ring (bicyclic) bond motifs is 2. The van der Waals surface area contributed by atoms with E-state index < -0.39 is 11.6 Å². The number of benzene rings is 1. The molecule has 2 heterocycles. The van der Waals surface area contributed by atoms with Gasteiger partial charge in [-0.1, -0.05) is 0 Å². The fourth-order valence-electron chi connectivity index (χ4n) is 3.73. The minimum atomic E-state index is -0.615. The molecule has 0 spiro atoms. The van der Waals surface area contributed by atoms with Crippen LogP contribution in [-0.4, -0.2) is 29.8 Å². The molecule has 108 valence electrons. The Morgan fingerprint density at radius 3 is 2.25 bits per heavy atom. The van der Waals surface area contributed by atoms with Gasteiger partial charge in [0.1, 0.15) is 17.4 Å². The molecule has 2 bridgehead atoms. The molecule has 1 aromatic carbocycles. The molecule has 0 amide bonds. The number of halogens is 2. The Morgan fingerprint density at radius 1 is 1.15 bits per heavy atom. The molecule has 2 fully saturated rings. The largest absolute Gasteiger partial charge is 0.300 e. The normalized spacial score (nSPS) is 29.6. The molecule has 1 aromatic rings. The van der Waals surface area contributed by atoms with Crippen LogP contribution in [0.4, 0.5) is 8.78 Å². The van der Waals surface area contributed by atoms with Gasteiger partial charge in [0.25, 0.3) is 0 Å². The summed E-state index contributed by atoms with van der Waals surface area (Å²) >= 11 is 0. The molecule has 2 saturated heterocycles. The van der Waals surface area contributed by atoms with Crippen LogP contribution in [0.2, 0.25) is 0 Å². The molecule has 0 N–H and O–H groups in total. The molecule has 4 heteroatoms. The van der Waals surface area contributed by atoms with Crippen molar-refractivity contribution in [3.05, 3.63) is 35.4 Å². The minimum Gasteiger partial charge on any atom is -0.300 e. The van der Waals surface area contributed by atoms with Crippen LogP contribution in [0.1, 0.15) is 31.2 Å². The van der Waals surface area contributed by atoms with E-state index in [1.807, 2.05) is 0 Å². The second-order valence-electron chi connectivity index (χ2n) is 6.14. The summed E-state index contributed by atoms with van der Waals surface area (Å²) in [5.74, 6) is -1.05. The number of hydrogen-bond acceptors (Lipinski definition) is 2. The van der Waals surface area contributed by atoms with Gasteiger partial charge in [0.15, 0.2) is 0 Å². The number of Topliss-reactive ketones (excluding diaryl/α,β-unsaturated/α-hetero) is 1. The van der Waals surface area contributed by atoms with E-state index in [4.69, 9.17) is 0 Å². The third-order valence-corrected chi connectivity index (χ3v) is 4.85. The molecule has 0 saturated carbocycles. The number of ketones is 1. The molecular formula is C16H19F2NO. The molecular weight excluding hydrogens is 260 g/mol. The Morgan fingerprint density at radius 2 is 1.70 bits per heavy atom. The topological polar surface area (TPSA) is 20.3 Å². The van der Waals surface area contributed by atoms with Gasteiger partial charge in [-0.2, -0.15) is 0 Å². The van der Waals surface area contributed by atoms with Gasteiger partial charge in [-0.3, -0.25) is 4.79 Å². The van der Waals surface area contributed by atoms with E-state index in [9.17, 15) is 13.6 Å². The van der Waals surface area contributed by atoms with Crippen LogP contribution in [-0.2, 0) is 11.2 Å². The average Bonchev–Trinajstić information content (AvgIpc) is 2.61. The zero-order valence-corrected chi connectivity index (χ0v) is 11.6. The molecule has 3 rings (SSSR count). The molecule has 2 unspecified atom stereocenters. The van der Waals surface area contributed by atoms with Crippen LogP contribution >= 0.6 is 0 Å². The first-order valence-electron chi connectivity index (χ1n) is 7.22. The first-order chi connectivity index (χ1) is 9.52. The maximum Gasteiger partial charge on any atom is 0.140 e. The van der Waals surface area contributed by atoms with E-state index in [0.717, 1.165) is 18.9 Å². The van der Waals surface area contributed by atoms with Crippen LogP contribution in [0.15, 0.2) is 18.2 Å². The summed E-state index contributed by atoms with van der Waals surface area (Å²) < 4.78 is 26.3. The lowest BCUT2D eigenvalue weighted by Crippen LogP contribution is -2.42. The maximum atomic E-state index is 13.1. The van der Waals surface area contributed by atoms with Gasteiger partial charge in [-0.15, -0.1) is 0 Å². The Hall–Kier alpha value is -1.29. The van der Waals surface area contributed by atoms with Crippen LogP contribution < -0.4 is 0 Å². The number of nitrogens with zero attached hydrogens (tertiary/aromatic N) is 1. The fraction of sp³-hybridized carbons (Fsp3) is 0.562. The Kier molecular flexibility index (Phi) is 3.59. The van der Waals surface area contributed by atoms with Crippen LogP contribution in [0.3, 0.4) is 0 Å². The lowest BCUT2D eigenvalue weighted by molar-refractivity contribution is -0.124. The number of carbonyl (C=O) groups is 1. The molecule has 2 aliphatic heterocycles. The predicted octanol–water partition coefficient (Wildman–Crippen LogP) is 2.95. The quantitative estimate of drug-likeness (QED) is 0.848. The van der Waals surface area contributed by atoms with E-state index in [1.54, 1.807) is 0 Å². The highest BCUT2D eigenvalue weighted by Crippen LogP contribution is 2.38. The molecule has 2 aliphatic rings. The third-order valence-electron chi connectivity index (χ3n) is 4.85. The molecule has 2 atom stereocenters. The van der Waals surface area contributed by atoms with Crippen molar-refractivity contribution in [3.8, 4) is 0 Å². The average molecular weight is 279 g/mol. The smallest absolute Gasteiger partial charge is 0.140 e. The van der Waals surface area contributed by atoms with E-state index >= 15 is 0 Å². The standard InChI is InChI=1S/C16H19F2NO/c1-19-14-2-3-15(19)8-11(7-14)16(20)6-10-4-12(17)9-13(18)5-10/h4-5,9,11,14-15H,2-3,6-8H2,1H3. The van der Waals surface area contributed by atoms with Crippen molar-refractivity contribution < 1.29 is 13.6 Å². The molecule has 2 nitrogen and oxygen atoms in total. The van der Waals surface area contributed by atoms with Crippen molar-refractivity contribution in [2.75, 3.05) is 7.05 Å². The lowest BCUT2D eigenvalue weighted by Gasteiger charge is -2.35. The van der Waals surface area contributed by atoms with Crippen molar-refractivity contribution in [1.82, 2.24) is 4.90 Å². The van der Waals surface area contributed by atoms with Gasteiger partial charge in [0, 0.05) is 30.5 Å². The highest BCUT2D eigenvalue weighted by atomic mass is 19.1. The summed E-state index contributed by atoms with van der Waals surface area (Å²) in [4.78, 5) is 14.7. The molecule has 0 radical (unpaired) electrons. The predicted molar refractivity (Wildman–Crippen MR) is 72.4 cm³/mol. The van der Waals surface area contributed by atoms with E-state index in [0.29, 0.717) is 17.6 Å². The summed E-state index contributed by atoms with van der Waals surface area (Å²) in [5.41, 5.74) is 0.443. The Bertz CT molecular complexity index is 497. The summed E-state index contributed by atoms with van der Waals surface area (Å²) in [6.07, 6.45) is 4.26. The van der Waals surface area contributed by atoms with Crippen LogP contribution in [0, 0.1) is 17.6 Å². The second-order valence-corrected chi connectivity index (χ2v) is 6.14. The number of carbonyl (C=O) groups excluding carboxylic acids is 1. The van der Waals surface area contributed by atoms with Crippen LogP contribution in [0.25, 0.3) is 0 Å². The third kappa shape index (κ3) is 2.62. The summed E-state index contributed by atoms with van der Waals surface area (Å²) in [7, 11) is 2.13. The van der Waals surface area contributed by atoms with Crippen molar-refractivity contribution >= 4 is 5.78 Å². The van der Waals surface area contributed by atoms with Crippen LogP contribution in [0.5, 0.6) is 0 Å². The van der Waals surface area contributed by atoms with Gasteiger partial charge in [0.05, 0.1) is 0 Å². The number of hydrogen-bond donors (Lipinski definition) is 0. The summed E-state index contributed by atoms with van der Waals surface area (Å²) in [6.45, 7) is 0. The van der Waals surface area contributed by atoms with Crippen molar-refractivity contribution in [2.24, 2.45) is 5.92 Å². The first-order valence-corrected chi connectivity index (χ1v) is 7.22. The Balaban J connectivity index is 1.68. The lowest BCUT2D eigenvalue weighted by atomic mass is 9.85. The second kappa shape index (κ2) is 5.24. The van der Waals surface area contributed by atoms with Gasteiger partial charge in [-0.25, -0.2) is 8.78 Å². The maximum absolute atomic E-state index is 13.1. The highest BCUT2D eigenvalue weighted by molar-refractivity contribution is 5.83. The fourth-order valence-corrected chi connectivity index (χ4v) is 3.73. The SMILES string of the molecule is CN1C2CCC1CC(C(=O)Cc1cc(F)cc(F)c1)C2. The summed E-state index contributed by atoms with van der Waals surface area (Å²) in [6, 6.07) is 4.36. The molecule has 0 aromatic heterocycles. The zero-order chi connectivity index (χ0) is 14.3. The minimum absolute atomic E-state index is 0.0510. The van der Waals surface area contributed by atoms with Crippen molar-refractivity contribution in [1.29, 1.82) is 0 Å². The number of piperidine rings is 1. The molecule has 20 heavy (non-hydrogen) atoms. The van der Waals surface area contributed by atoms with Gasteiger partial charge < -0.3 is 4.90 Å². The Labute approximate surface area is 117 Å². The van der Waals surface area contributed by atoms with Gasteiger partial charge in [0.2, 0.25) is 0 Å². The van der Waals surface area contributed by atoms with Gasteiger partial charge >= 0.3 is 0 Å². The van der Waals surface area contributed by atoms with E-state index in [1.165, 1.54) is 25.0 Å². The van der Waals surface area contributed by atoms with Crippen molar-refractivity contribution in [3.63, 3.8) is 0 Å². The van der Waals surface area contributed by atoms with E-state index in [-0.39, 0.29) is 18.1 Å². The highest BCUT2D eigenvalue weighted by Gasteiger charge is 2.40. The number of rotatable bonds is 3. The molecule has 0 aliphatic carbocycles. The zero-order valence-electron chi connectivity index (χ0n) is 11.6. The van der Waals surface area contributed by atoms with E-state index in [2.05, 4.69) is 11.9 Å². The summed E-state index contributed by atoms with van der Waals surface area (Å²) in [5, 5.41) is 0. The van der Waals surface area contributed by atoms with Gasteiger partial charge in [-0.05, 0) is 50.4 Å². The monoisotopic (exact) mass is 279 g/mol. The van der Waals surface area contributed by atoms with Crippen molar-refractivity contribution in [2.45, 2.75) is 44.2 Å².